The van der Waals surface area contributed by atoms with Crippen molar-refractivity contribution in [1.29, 1.82) is 0 Å². The Balaban J connectivity index is 0.00000361. The van der Waals surface area contributed by atoms with Gasteiger partial charge in [0.2, 0.25) is 10.0 Å². The fraction of sp³-hybridized carbons (Fsp3) is 0.417. The normalized spacial score (nSPS) is 10.7. The van der Waals surface area contributed by atoms with Crippen molar-refractivity contribution < 1.29 is 13.2 Å². The van der Waals surface area contributed by atoms with E-state index >= 15 is 0 Å². The van der Waals surface area contributed by atoms with Crippen molar-refractivity contribution in [2.75, 3.05) is 27.2 Å². The minimum absolute atomic E-state index is 0. The van der Waals surface area contributed by atoms with E-state index in [1.807, 2.05) is 7.05 Å². The molecule has 1 aromatic rings. The molecule has 0 radical (unpaired) electrons. The van der Waals surface area contributed by atoms with Gasteiger partial charge in [0, 0.05) is 12.1 Å². The van der Waals surface area contributed by atoms with Gasteiger partial charge < -0.3 is 10.6 Å². The smallest absolute Gasteiger partial charge is 0.251 e. The third kappa shape index (κ3) is 5.46. The van der Waals surface area contributed by atoms with E-state index in [1.54, 1.807) is 0 Å². The fourth-order valence-electron chi connectivity index (χ4n) is 1.47. The Labute approximate surface area is 125 Å². The summed E-state index contributed by atoms with van der Waals surface area (Å²) in [5, 5.41) is 5.75. The number of halogens is 1. The maximum atomic E-state index is 11.7. The number of rotatable bonds is 7. The summed E-state index contributed by atoms with van der Waals surface area (Å²) in [6.45, 7) is 1.41. The van der Waals surface area contributed by atoms with E-state index in [-0.39, 0.29) is 23.2 Å². The van der Waals surface area contributed by atoms with Gasteiger partial charge in [-0.25, -0.2) is 13.1 Å². The number of hydrogen-bond acceptors (Lipinski definition) is 4. The molecule has 0 fully saturated rings. The summed E-state index contributed by atoms with van der Waals surface area (Å²) in [5.74, 6) is -0.204. The second kappa shape index (κ2) is 8.91. The van der Waals surface area contributed by atoms with Crippen LogP contribution in [0.15, 0.2) is 29.2 Å². The predicted octanol–water partition coefficient (Wildman–Crippen LogP) is 0.356. The van der Waals surface area contributed by atoms with Crippen LogP contribution < -0.4 is 15.4 Å². The van der Waals surface area contributed by atoms with Crippen molar-refractivity contribution in [2.24, 2.45) is 0 Å². The van der Waals surface area contributed by atoms with Gasteiger partial charge in [0.25, 0.3) is 5.91 Å². The van der Waals surface area contributed by atoms with Gasteiger partial charge in [-0.15, -0.1) is 12.4 Å². The summed E-state index contributed by atoms with van der Waals surface area (Å²) in [5.41, 5.74) is 0.444. The minimum Gasteiger partial charge on any atom is -0.352 e. The first kappa shape index (κ1) is 18.9. The fourth-order valence-corrected chi connectivity index (χ4v) is 2.20. The molecule has 3 N–H and O–H groups in total. The van der Waals surface area contributed by atoms with Crippen LogP contribution in [-0.4, -0.2) is 41.5 Å². The lowest BCUT2D eigenvalue weighted by Crippen LogP contribution is -2.26. The zero-order chi connectivity index (χ0) is 14.3. The topological polar surface area (TPSA) is 87.3 Å². The molecule has 0 spiro atoms. The molecule has 0 aromatic heterocycles. The monoisotopic (exact) mass is 321 g/mol. The summed E-state index contributed by atoms with van der Waals surface area (Å²) in [6, 6.07) is 5.82. The van der Waals surface area contributed by atoms with Gasteiger partial charge in [-0.05, 0) is 51.3 Å². The summed E-state index contributed by atoms with van der Waals surface area (Å²) >= 11 is 0. The molecule has 0 aliphatic carbocycles. The Kier molecular flexibility index (Phi) is 8.40. The van der Waals surface area contributed by atoms with Gasteiger partial charge >= 0.3 is 0 Å². The standard InChI is InChI=1S/C12H19N3O3S.ClH/c1-13-8-3-9-15-12(16)10-4-6-11(7-5-10)19(17,18)14-2;/h4-7,13-14H,3,8-9H2,1-2H3,(H,15,16);1H. The summed E-state index contributed by atoms with van der Waals surface area (Å²) in [7, 11) is -0.260. The van der Waals surface area contributed by atoms with Crippen LogP contribution in [0, 0.1) is 0 Å². The summed E-state index contributed by atoms with van der Waals surface area (Å²) < 4.78 is 25.2. The van der Waals surface area contributed by atoms with Crippen molar-refractivity contribution >= 4 is 28.3 Å². The second-order valence-corrected chi connectivity index (χ2v) is 5.83. The Morgan fingerprint density at radius 3 is 2.20 bits per heavy atom. The van der Waals surface area contributed by atoms with Crippen molar-refractivity contribution in [1.82, 2.24) is 15.4 Å². The van der Waals surface area contributed by atoms with E-state index in [4.69, 9.17) is 0 Å². The van der Waals surface area contributed by atoms with Crippen molar-refractivity contribution in [3.8, 4) is 0 Å². The van der Waals surface area contributed by atoms with Gasteiger partial charge in [0.15, 0.2) is 0 Å². The van der Waals surface area contributed by atoms with Crippen LogP contribution >= 0.6 is 12.4 Å². The maximum Gasteiger partial charge on any atom is 0.251 e. The second-order valence-electron chi connectivity index (χ2n) is 3.94. The molecule has 1 rings (SSSR count). The molecule has 0 unspecified atom stereocenters. The largest absolute Gasteiger partial charge is 0.352 e. The Morgan fingerprint density at radius 1 is 1.10 bits per heavy atom. The van der Waals surface area contributed by atoms with Gasteiger partial charge in [-0.2, -0.15) is 0 Å². The highest BCUT2D eigenvalue weighted by Gasteiger charge is 2.12. The molecule has 0 saturated carbocycles. The van der Waals surface area contributed by atoms with E-state index in [2.05, 4.69) is 15.4 Å². The van der Waals surface area contributed by atoms with Gasteiger partial charge in [-0.1, -0.05) is 0 Å². The molecule has 0 saturated heterocycles. The first-order chi connectivity index (χ1) is 9.01. The molecule has 20 heavy (non-hydrogen) atoms. The van der Waals surface area contributed by atoms with Crippen molar-refractivity contribution in [3.63, 3.8) is 0 Å². The van der Waals surface area contributed by atoms with Crippen LogP contribution in [0.1, 0.15) is 16.8 Å². The van der Waals surface area contributed by atoms with Gasteiger partial charge in [0.05, 0.1) is 4.90 Å². The molecule has 0 bridgehead atoms. The third-order valence-corrected chi connectivity index (χ3v) is 4.01. The summed E-state index contributed by atoms with van der Waals surface area (Å²) in [4.78, 5) is 11.9. The number of benzene rings is 1. The van der Waals surface area contributed by atoms with Crippen molar-refractivity contribution in [2.45, 2.75) is 11.3 Å². The zero-order valence-electron chi connectivity index (χ0n) is 11.5. The molecular formula is C12H20ClN3O3S. The van der Waals surface area contributed by atoms with Crippen LogP contribution in [0.25, 0.3) is 0 Å². The number of amides is 1. The molecule has 0 heterocycles. The van der Waals surface area contributed by atoms with Crippen LogP contribution in [0.2, 0.25) is 0 Å². The van der Waals surface area contributed by atoms with E-state index in [1.165, 1.54) is 31.3 Å². The van der Waals surface area contributed by atoms with E-state index in [0.717, 1.165) is 13.0 Å². The maximum absolute atomic E-state index is 11.7. The zero-order valence-corrected chi connectivity index (χ0v) is 13.1. The average molecular weight is 322 g/mol. The lowest BCUT2D eigenvalue weighted by molar-refractivity contribution is 0.0953. The van der Waals surface area contributed by atoms with Crippen LogP contribution in [0.4, 0.5) is 0 Å². The highest BCUT2D eigenvalue weighted by Crippen LogP contribution is 2.09. The van der Waals surface area contributed by atoms with E-state index < -0.39 is 10.0 Å². The molecule has 1 aromatic carbocycles. The molecule has 0 aliphatic rings. The van der Waals surface area contributed by atoms with Crippen molar-refractivity contribution in [3.05, 3.63) is 29.8 Å². The van der Waals surface area contributed by atoms with Crippen LogP contribution in [0.3, 0.4) is 0 Å². The number of nitrogens with one attached hydrogen (secondary N) is 3. The quantitative estimate of drug-likeness (QED) is 0.633. The van der Waals surface area contributed by atoms with Crippen LogP contribution in [0.5, 0.6) is 0 Å². The SMILES string of the molecule is CNCCCNC(=O)c1ccc(S(=O)(=O)NC)cc1.Cl. The first-order valence-electron chi connectivity index (χ1n) is 5.97. The lowest BCUT2D eigenvalue weighted by Gasteiger charge is -2.06. The van der Waals surface area contributed by atoms with Gasteiger partial charge in [-0.3, -0.25) is 4.79 Å². The Hall–Kier alpha value is -1.15. The Morgan fingerprint density at radius 2 is 1.70 bits per heavy atom. The Bertz CT molecular complexity index is 517. The molecule has 0 atom stereocenters. The van der Waals surface area contributed by atoms with E-state index in [9.17, 15) is 13.2 Å². The average Bonchev–Trinajstić information content (AvgIpc) is 2.43. The molecule has 8 heteroatoms. The predicted molar refractivity (Wildman–Crippen MR) is 80.8 cm³/mol. The molecule has 1 amide bonds. The number of sulfonamides is 1. The molecule has 0 aliphatic heterocycles. The number of carbonyl (C=O) groups is 1. The summed E-state index contributed by atoms with van der Waals surface area (Å²) in [6.07, 6.45) is 0.842. The number of hydrogen-bond donors (Lipinski definition) is 3. The molecular weight excluding hydrogens is 302 g/mol. The highest BCUT2D eigenvalue weighted by atomic mass is 35.5. The van der Waals surface area contributed by atoms with E-state index in [0.29, 0.717) is 12.1 Å². The highest BCUT2D eigenvalue weighted by molar-refractivity contribution is 7.89. The molecule has 6 nitrogen and oxygen atoms in total. The minimum atomic E-state index is -3.45. The van der Waals surface area contributed by atoms with Crippen LogP contribution in [-0.2, 0) is 10.0 Å². The van der Waals surface area contributed by atoms with Gasteiger partial charge in [0.1, 0.15) is 0 Å². The molecule has 114 valence electrons. The third-order valence-electron chi connectivity index (χ3n) is 2.58. The number of carbonyl (C=O) groups excluding carboxylic acids is 1. The lowest BCUT2D eigenvalue weighted by atomic mass is 10.2. The first-order valence-corrected chi connectivity index (χ1v) is 7.46.